The van der Waals surface area contributed by atoms with Crippen molar-refractivity contribution in [1.29, 1.82) is 0 Å². The number of fused-ring (bicyclic) bond motifs is 1. The van der Waals surface area contributed by atoms with Crippen molar-refractivity contribution in [2.75, 3.05) is 6.61 Å². The molecular weight excluding hydrogens is 399 g/mol. The third-order valence-electron chi connectivity index (χ3n) is 4.70. The minimum Gasteiger partial charge on any atom is -0.403 e. The number of aromatic amines is 1. The molecule has 9 nitrogen and oxygen atoms in total. The van der Waals surface area contributed by atoms with Crippen LogP contribution in [0.1, 0.15) is 28.5 Å². The maximum atomic E-state index is 12.8. The number of benzene rings is 1. The van der Waals surface area contributed by atoms with Crippen LogP contribution in [-0.2, 0) is 25.0 Å². The maximum Gasteiger partial charge on any atom is 0.530 e. The van der Waals surface area contributed by atoms with Crippen molar-refractivity contribution in [2.45, 2.75) is 39.7 Å². The summed E-state index contributed by atoms with van der Waals surface area (Å²) < 4.78 is 36.2. The van der Waals surface area contributed by atoms with Crippen molar-refractivity contribution >= 4 is 7.82 Å². The highest BCUT2D eigenvalue weighted by atomic mass is 31.2. The lowest BCUT2D eigenvalue weighted by Crippen LogP contribution is -2.33. The van der Waals surface area contributed by atoms with E-state index in [-0.39, 0.29) is 13.2 Å². The first-order chi connectivity index (χ1) is 13.7. The van der Waals surface area contributed by atoms with E-state index in [9.17, 15) is 14.2 Å². The standard InChI is InChI=1S/C19H21N2O7P/c1-11-6-12(2)17-14(7-11)9-25-29(24,28-17)26-10-15-4-5-16(27-15)21-8-13(3)18(22)20-19(21)23/h4-8,15-16H,9-10H2,1-3H3,(H,20,22,23)/t15-,16+,29-/m0/s1. The molecule has 0 saturated heterocycles. The molecule has 3 atom stereocenters. The van der Waals surface area contributed by atoms with Gasteiger partial charge in [-0.1, -0.05) is 23.8 Å². The maximum absolute atomic E-state index is 12.8. The van der Waals surface area contributed by atoms with Gasteiger partial charge in [0.2, 0.25) is 0 Å². The topological polar surface area (TPSA) is 109 Å². The van der Waals surface area contributed by atoms with E-state index in [1.807, 2.05) is 26.0 Å². The van der Waals surface area contributed by atoms with E-state index in [2.05, 4.69) is 4.98 Å². The Balaban J connectivity index is 1.41. The van der Waals surface area contributed by atoms with E-state index < -0.39 is 31.4 Å². The highest BCUT2D eigenvalue weighted by molar-refractivity contribution is 7.49. The Morgan fingerprint density at radius 3 is 2.79 bits per heavy atom. The summed E-state index contributed by atoms with van der Waals surface area (Å²) >= 11 is 0. The summed E-state index contributed by atoms with van der Waals surface area (Å²) in [6.45, 7) is 5.48. The highest BCUT2D eigenvalue weighted by Crippen LogP contribution is 2.55. The molecule has 0 radical (unpaired) electrons. The first kappa shape index (κ1) is 19.8. The van der Waals surface area contributed by atoms with E-state index in [4.69, 9.17) is 18.3 Å². The van der Waals surface area contributed by atoms with Crippen LogP contribution in [0.4, 0.5) is 0 Å². The van der Waals surface area contributed by atoms with E-state index in [1.54, 1.807) is 19.1 Å². The van der Waals surface area contributed by atoms with Crippen LogP contribution in [0, 0.1) is 20.8 Å². The molecule has 0 saturated carbocycles. The lowest BCUT2D eigenvalue weighted by Gasteiger charge is -2.27. The molecule has 0 spiro atoms. The molecule has 0 aliphatic carbocycles. The van der Waals surface area contributed by atoms with Gasteiger partial charge in [0.25, 0.3) is 5.56 Å². The molecule has 3 heterocycles. The van der Waals surface area contributed by atoms with E-state index >= 15 is 0 Å². The Hall–Kier alpha value is -2.45. The summed E-state index contributed by atoms with van der Waals surface area (Å²) in [5.74, 6) is 0.515. The molecule has 0 unspecified atom stereocenters. The van der Waals surface area contributed by atoms with Gasteiger partial charge in [0.05, 0.1) is 13.2 Å². The van der Waals surface area contributed by atoms with Crippen LogP contribution >= 0.6 is 7.82 Å². The minimum atomic E-state index is -3.79. The summed E-state index contributed by atoms with van der Waals surface area (Å²) in [5.41, 5.74) is 2.11. The molecule has 0 amide bonds. The number of hydrogen-bond donors (Lipinski definition) is 1. The Morgan fingerprint density at radius 1 is 1.21 bits per heavy atom. The zero-order valence-corrected chi connectivity index (χ0v) is 17.1. The summed E-state index contributed by atoms with van der Waals surface area (Å²) in [6.07, 6.45) is 3.52. The van der Waals surface area contributed by atoms with Gasteiger partial charge in [-0.25, -0.2) is 9.36 Å². The van der Waals surface area contributed by atoms with Gasteiger partial charge < -0.3 is 9.26 Å². The molecule has 0 fully saturated rings. The normalized spacial score (nSPS) is 25.6. The summed E-state index contributed by atoms with van der Waals surface area (Å²) in [6, 6.07) is 3.86. The van der Waals surface area contributed by atoms with Crippen molar-refractivity contribution in [3.63, 3.8) is 0 Å². The molecule has 29 heavy (non-hydrogen) atoms. The van der Waals surface area contributed by atoms with Crippen molar-refractivity contribution in [1.82, 2.24) is 9.55 Å². The number of hydrogen-bond acceptors (Lipinski definition) is 7. The molecule has 1 N–H and O–H groups in total. The van der Waals surface area contributed by atoms with Gasteiger partial charge in [-0.3, -0.25) is 23.4 Å². The van der Waals surface area contributed by atoms with Gasteiger partial charge >= 0.3 is 13.5 Å². The van der Waals surface area contributed by atoms with Crippen molar-refractivity contribution in [3.8, 4) is 5.75 Å². The SMILES string of the molecule is Cc1cc(C)c2c(c1)CO[P@@](=O)(OC[C@@H]1C=C[C@H](n3cc(C)c(=O)[nH]c3=O)O1)O2. The smallest absolute Gasteiger partial charge is 0.403 e. The van der Waals surface area contributed by atoms with Crippen LogP contribution in [0.2, 0.25) is 0 Å². The second kappa shape index (κ2) is 7.42. The quantitative estimate of drug-likeness (QED) is 0.598. The van der Waals surface area contributed by atoms with Gasteiger partial charge in [0, 0.05) is 17.3 Å². The monoisotopic (exact) mass is 420 g/mol. The molecule has 2 aliphatic rings. The second-order valence-corrected chi connectivity index (χ2v) is 8.70. The zero-order valence-electron chi connectivity index (χ0n) is 16.2. The third kappa shape index (κ3) is 4.00. The van der Waals surface area contributed by atoms with Gasteiger partial charge in [-0.15, -0.1) is 0 Å². The molecule has 2 aliphatic heterocycles. The van der Waals surface area contributed by atoms with Crippen LogP contribution in [0.15, 0.2) is 40.1 Å². The third-order valence-corrected chi connectivity index (χ3v) is 6.02. The number of phosphoric acid groups is 1. The first-order valence-electron chi connectivity index (χ1n) is 9.09. The largest absolute Gasteiger partial charge is 0.530 e. The Kier molecular flexibility index (Phi) is 5.08. The average molecular weight is 420 g/mol. The highest BCUT2D eigenvalue weighted by Gasteiger charge is 2.36. The average Bonchev–Trinajstić information content (AvgIpc) is 3.13. The predicted molar refractivity (Wildman–Crippen MR) is 104 cm³/mol. The molecule has 1 aromatic heterocycles. The molecule has 154 valence electrons. The molecule has 0 bridgehead atoms. The Labute approximate surface area is 166 Å². The van der Waals surface area contributed by atoms with Crippen molar-refractivity contribution in [2.24, 2.45) is 0 Å². The van der Waals surface area contributed by atoms with Gasteiger partial charge in [0.1, 0.15) is 11.9 Å². The lowest BCUT2D eigenvalue weighted by atomic mass is 10.1. The van der Waals surface area contributed by atoms with Crippen molar-refractivity contribution < 1.29 is 22.9 Å². The fourth-order valence-electron chi connectivity index (χ4n) is 3.31. The zero-order chi connectivity index (χ0) is 20.8. The number of nitrogens with zero attached hydrogens (tertiary/aromatic N) is 1. The van der Waals surface area contributed by atoms with E-state index in [0.717, 1.165) is 16.7 Å². The molecule has 10 heteroatoms. The lowest BCUT2D eigenvalue weighted by molar-refractivity contribution is -0.0130. The van der Waals surface area contributed by atoms with Crippen molar-refractivity contribution in [3.05, 3.63) is 73.6 Å². The van der Waals surface area contributed by atoms with E-state index in [0.29, 0.717) is 11.3 Å². The van der Waals surface area contributed by atoms with Gasteiger partial charge in [-0.05, 0) is 32.4 Å². The fourth-order valence-corrected chi connectivity index (χ4v) is 4.60. The molecular formula is C19H21N2O7P. The number of aryl methyl sites for hydroxylation is 3. The molecule has 2 aromatic rings. The number of phosphoric ester groups is 1. The number of nitrogens with one attached hydrogen (secondary N) is 1. The molecule has 4 rings (SSSR count). The van der Waals surface area contributed by atoms with Crippen LogP contribution in [-0.4, -0.2) is 22.3 Å². The van der Waals surface area contributed by atoms with Crippen LogP contribution < -0.4 is 15.8 Å². The fraction of sp³-hybridized carbons (Fsp3) is 0.368. The molecule has 1 aromatic carbocycles. The van der Waals surface area contributed by atoms with Gasteiger partial charge in [-0.2, -0.15) is 0 Å². The number of aromatic nitrogens is 2. The van der Waals surface area contributed by atoms with Gasteiger partial charge in [0.15, 0.2) is 6.23 Å². The number of ether oxygens (including phenoxy) is 1. The van der Waals surface area contributed by atoms with Crippen LogP contribution in [0.3, 0.4) is 0 Å². The minimum absolute atomic E-state index is 0.0817. The summed E-state index contributed by atoms with van der Waals surface area (Å²) in [5, 5.41) is 0. The summed E-state index contributed by atoms with van der Waals surface area (Å²) in [4.78, 5) is 25.7. The first-order valence-corrected chi connectivity index (χ1v) is 10.5. The van der Waals surface area contributed by atoms with E-state index in [1.165, 1.54) is 10.8 Å². The number of rotatable bonds is 4. The van der Waals surface area contributed by atoms with Crippen LogP contribution in [0.5, 0.6) is 5.75 Å². The Bertz CT molecular complexity index is 1150. The van der Waals surface area contributed by atoms with Crippen LogP contribution in [0.25, 0.3) is 0 Å². The number of H-pyrrole nitrogens is 1. The Morgan fingerprint density at radius 2 is 2.00 bits per heavy atom. The summed E-state index contributed by atoms with van der Waals surface area (Å²) in [7, 11) is -3.79. The second-order valence-electron chi connectivity index (χ2n) is 7.11. The predicted octanol–water partition coefficient (Wildman–Crippen LogP) is 2.65.